The number of nitrogens with one attached hydrogen (secondary N) is 1. The van der Waals surface area contributed by atoms with Gasteiger partial charge < -0.3 is 19.7 Å². The summed E-state index contributed by atoms with van der Waals surface area (Å²) in [5.41, 5.74) is 0. The molecule has 0 aromatic rings. The number of carbonyl (C=O) groups excluding carboxylic acids is 2. The zero-order valence-electron chi connectivity index (χ0n) is 36.1. The van der Waals surface area contributed by atoms with Gasteiger partial charge in [0, 0.05) is 19.4 Å². The predicted octanol–water partition coefficient (Wildman–Crippen LogP) is 13.0. The second-order valence-corrected chi connectivity index (χ2v) is 16.3. The number of allylic oxidation sites excluding steroid dienone is 8. The average Bonchev–Trinajstić information content (AvgIpc) is 3.18. The lowest BCUT2D eigenvalue weighted by atomic mass is 10.0. The fourth-order valence-corrected chi connectivity index (χ4v) is 6.82. The van der Waals surface area contributed by atoms with E-state index in [4.69, 9.17) is 18.5 Å². The number of phosphoric ester groups is 1. The lowest BCUT2D eigenvalue weighted by Crippen LogP contribution is -2.29. The molecule has 2 atom stereocenters. The number of hydrogen-bond acceptors (Lipinski definition) is 8. The molecule has 2 N–H and O–H groups in total. The molecule has 0 heterocycles. The Labute approximate surface area is 343 Å². The molecule has 0 saturated heterocycles. The van der Waals surface area contributed by atoms with Crippen LogP contribution in [0.2, 0.25) is 0 Å². The van der Waals surface area contributed by atoms with Gasteiger partial charge in [0.05, 0.1) is 13.2 Å². The number of phosphoric acid groups is 1. The normalized spacial score (nSPS) is 13.7. The molecule has 0 aliphatic carbocycles. The van der Waals surface area contributed by atoms with Crippen molar-refractivity contribution in [1.29, 1.82) is 0 Å². The number of esters is 2. The quantitative estimate of drug-likeness (QED) is 0.0269. The summed E-state index contributed by atoms with van der Waals surface area (Å²) in [6.07, 6.45) is 47.2. The molecular formula is C46H84NO8P. The molecule has 0 rings (SSSR count). The molecule has 0 amide bonds. The van der Waals surface area contributed by atoms with Gasteiger partial charge in [0.2, 0.25) is 0 Å². The molecule has 0 saturated carbocycles. The molecule has 0 aliphatic rings. The molecule has 326 valence electrons. The summed E-state index contributed by atoms with van der Waals surface area (Å²) in [5.74, 6) is -0.830. The molecule has 0 aliphatic heterocycles. The molecule has 0 bridgehead atoms. The lowest BCUT2D eigenvalue weighted by molar-refractivity contribution is -0.161. The first-order valence-corrected chi connectivity index (χ1v) is 24.1. The van der Waals surface area contributed by atoms with Crippen LogP contribution in [-0.4, -0.2) is 56.3 Å². The van der Waals surface area contributed by atoms with Crippen molar-refractivity contribution in [3.8, 4) is 0 Å². The first-order valence-electron chi connectivity index (χ1n) is 22.6. The van der Waals surface area contributed by atoms with Crippen molar-refractivity contribution in [2.45, 2.75) is 200 Å². The highest BCUT2D eigenvalue weighted by atomic mass is 31.2. The first kappa shape index (κ1) is 54.0. The standard InChI is InChI=1S/C46H84NO8P/c1-4-6-8-10-12-14-16-18-20-22-24-26-28-30-32-34-36-38-45(48)52-42-44(43-54-56(50,51)53-41-40-47-3)55-46(49)39-37-35-33-31-29-27-25-23-21-19-17-15-13-11-9-7-5-2/h7,9,13,15,19,21,25,27,44,47H,4-6,8,10-12,14,16-18,20,22-24,26,28-43H2,1-3H3,(H,50,51)/b9-7-,15-13-,21-19-,27-25-. The largest absolute Gasteiger partial charge is 0.472 e. The molecule has 0 fully saturated rings. The fourth-order valence-electron chi connectivity index (χ4n) is 6.07. The van der Waals surface area contributed by atoms with Crippen LogP contribution >= 0.6 is 7.82 Å². The van der Waals surface area contributed by atoms with Crippen LogP contribution < -0.4 is 5.32 Å². The van der Waals surface area contributed by atoms with Crippen molar-refractivity contribution in [3.63, 3.8) is 0 Å². The van der Waals surface area contributed by atoms with Gasteiger partial charge in [-0.25, -0.2) is 4.57 Å². The second kappa shape index (κ2) is 42.6. The van der Waals surface area contributed by atoms with Gasteiger partial charge >= 0.3 is 19.8 Å². The predicted molar refractivity (Wildman–Crippen MR) is 234 cm³/mol. The minimum atomic E-state index is -4.36. The molecule has 9 nitrogen and oxygen atoms in total. The first-order chi connectivity index (χ1) is 27.3. The van der Waals surface area contributed by atoms with Crippen LogP contribution in [0.5, 0.6) is 0 Å². The molecule has 0 aromatic heterocycles. The maximum Gasteiger partial charge on any atom is 0.472 e. The van der Waals surface area contributed by atoms with E-state index in [1.165, 1.54) is 89.9 Å². The summed E-state index contributed by atoms with van der Waals surface area (Å²) >= 11 is 0. The molecular weight excluding hydrogens is 725 g/mol. The van der Waals surface area contributed by atoms with Gasteiger partial charge in [-0.15, -0.1) is 0 Å². The van der Waals surface area contributed by atoms with Crippen LogP contribution in [0, 0.1) is 0 Å². The molecule has 0 radical (unpaired) electrons. The van der Waals surface area contributed by atoms with Gasteiger partial charge in [-0.3, -0.25) is 18.6 Å². The number of rotatable bonds is 42. The second-order valence-electron chi connectivity index (χ2n) is 14.9. The van der Waals surface area contributed by atoms with Gasteiger partial charge in [0.1, 0.15) is 6.61 Å². The maximum absolute atomic E-state index is 12.6. The minimum Gasteiger partial charge on any atom is -0.462 e. The third-order valence-corrected chi connectivity index (χ3v) is 10.4. The Balaban J connectivity index is 4.23. The van der Waals surface area contributed by atoms with Gasteiger partial charge in [0.25, 0.3) is 0 Å². The SMILES string of the molecule is CC/C=C\C/C=C\C/C=C\C/C=C\CCCCCCC(=O)OC(COC(=O)CCCCCCCCCCCCCCCCCCC)COP(=O)(O)OCCNC. The average molecular weight is 810 g/mol. The molecule has 2 unspecified atom stereocenters. The Morgan fingerprint density at radius 2 is 1.02 bits per heavy atom. The van der Waals surface area contributed by atoms with Gasteiger partial charge in [-0.2, -0.15) is 0 Å². The number of carbonyl (C=O) groups is 2. The molecule has 10 heteroatoms. The number of unbranched alkanes of at least 4 members (excludes halogenated alkanes) is 20. The molecule has 0 spiro atoms. The maximum atomic E-state index is 12.6. The van der Waals surface area contributed by atoms with Crippen LogP contribution in [0.3, 0.4) is 0 Å². The van der Waals surface area contributed by atoms with Crippen LogP contribution in [0.4, 0.5) is 0 Å². The van der Waals surface area contributed by atoms with Gasteiger partial charge in [-0.05, 0) is 58.4 Å². The Hall–Kier alpha value is -2.03. The van der Waals surface area contributed by atoms with Crippen molar-refractivity contribution in [2.75, 3.05) is 33.4 Å². The van der Waals surface area contributed by atoms with Crippen molar-refractivity contribution < 1.29 is 37.6 Å². The van der Waals surface area contributed by atoms with Gasteiger partial charge in [0.15, 0.2) is 6.10 Å². The summed E-state index contributed by atoms with van der Waals surface area (Å²) < 4.78 is 33.2. The fraction of sp³-hybridized carbons (Fsp3) is 0.783. The number of ether oxygens (including phenoxy) is 2. The Bertz CT molecular complexity index is 1060. The number of likely N-dealkylation sites (N-methyl/N-ethyl adjacent to an activating group) is 1. The van der Waals surface area contributed by atoms with E-state index < -0.39 is 26.5 Å². The summed E-state index contributed by atoms with van der Waals surface area (Å²) in [7, 11) is -2.66. The summed E-state index contributed by atoms with van der Waals surface area (Å²) in [4.78, 5) is 35.1. The Morgan fingerprint density at radius 3 is 1.52 bits per heavy atom. The van der Waals surface area contributed by atoms with E-state index in [1.54, 1.807) is 7.05 Å². The number of hydrogen-bond donors (Lipinski definition) is 2. The molecule has 56 heavy (non-hydrogen) atoms. The zero-order chi connectivity index (χ0) is 41.1. The Kier molecular flexibility index (Phi) is 41.0. The Morgan fingerprint density at radius 1 is 0.571 bits per heavy atom. The minimum absolute atomic E-state index is 0.0225. The van der Waals surface area contributed by atoms with E-state index in [0.717, 1.165) is 70.6 Å². The highest BCUT2D eigenvalue weighted by Crippen LogP contribution is 2.43. The van der Waals surface area contributed by atoms with Crippen LogP contribution in [-0.2, 0) is 32.7 Å². The smallest absolute Gasteiger partial charge is 0.462 e. The van der Waals surface area contributed by atoms with Crippen molar-refractivity contribution in [2.24, 2.45) is 0 Å². The third-order valence-electron chi connectivity index (χ3n) is 9.46. The zero-order valence-corrected chi connectivity index (χ0v) is 37.0. The van der Waals surface area contributed by atoms with Crippen molar-refractivity contribution in [3.05, 3.63) is 48.6 Å². The van der Waals surface area contributed by atoms with Crippen molar-refractivity contribution >= 4 is 19.8 Å². The van der Waals surface area contributed by atoms with Crippen LogP contribution in [0.1, 0.15) is 194 Å². The highest BCUT2D eigenvalue weighted by molar-refractivity contribution is 7.47. The van der Waals surface area contributed by atoms with Gasteiger partial charge in [-0.1, -0.05) is 178 Å². The van der Waals surface area contributed by atoms with E-state index in [-0.39, 0.29) is 32.0 Å². The monoisotopic (exact) mass is 810 g/mol. The van der Waals surface area contributed by atoms with E-state index in [0.29, 0.717) is 13.0 Å². The highest BCUT2D eigenvalue weighted by Gasteiger charge is 2.26. The van der Waals surface area contributed by atoms with E-state index >= 15 is 0 Å². The van der Waals surface area contributed by atoms with E-state index in [9.17, 15) is 19.0 Å². The van der Waals surface area contributed by atoms with E-state index in [2.05, 4.69) is 67.8 Å². The van der Waals surface area contributed by atoms with Crippen LogP contribution in [0.25, 0.3) is 0 Å². The van der Waals surface area contributed by atoms with Crippen LogP contribution in [0.15, 0.2) is 48.6 Å². The molecule has 0 aromatic carbocycles. The summed E-state index contributed by atoms with van der Waals surface area (Å²) in [6.45, 7) is 4.10. The van der Waals surface area contributed by atoms with Crippen molar-refractivity contribution in [1.82, 2.24) is 5.32 Å². The summed E-state index contributed by atoms with van der Waals surface area (Å²) in [6, 6.07) is 0. The summed E-state index contributed by atoms with van der Waals surface area (Å²) in [5, 5.41) is 2.82. The topological polar surface area (TPSA) is 120 Å². The lowest BCUT2D eigenvalue weighted by Gasteiger charge is -2.20. The van der Waals surface area contributed by atoms with E-state index in [1.807, 2.05) is 0 Å². The third kappa shape index (κ3) is 41.6.